The average molecular weight is 384 g/mol. The van der Waals surface area contributed by atoms with Gasteiger partial charge in [0.1, 0.15) is 19.0 Å². The van der Waals surface area contributed by atoms with Gasteiger partial charge < -0.3 is 9.64 Å². The van der Waals surface area contributed by atoms with E-state index in [0.29, 0.717) is 0 Å². The molecule has 1 aliphatic rings. The second kappa shape index (κ2) is 7.67. The van der Waals surface area contributed by atoms with Gasteiger partial charge in [0.25, 0.3) is 0 Å². The molecule has 1 amide bonds. The number of rotatable bonds is 5. The summed E-state index contributed by atoms with van der Waals surface area (Å²) in [6.45, 7) is -2.29. The summed E-state index contributed by atoms with van der Waals surface area (Å²) in [4.78, 5) is 12.8. The van der Waals surface area contributed by atoms with Crippen LogP contribution < -0.4 is 0 Å². The fourth-order valence-corrected chi connectivity index (χ4v) is 3.75. The maximum absolute atomic E-state index is 13.2. The van der Waals surface area contributed by atoms with Crippen LogP contribution in [0.3, 0.4) is 0 Å². The molecule has 0 aromatic heterocycles. The van der Waals surface area contributed by atoms with Crippen molar-refractivity contribution < 1.29 is 35.5 Å². The van der Waals surface area contributed by atoms with Crippen molar-refractivity contribution in [1.29, 1.82) is 0 Å². The predicted octanol–water partition coefficient (Wildman–Crippen LogP) is 1.24. The van der Waals surface area contributed by atoms with Gasteiger partial charge in [-0.2, -0.15) is 17.5 Å². The maximum atomic E-state index is 13.2. The summed E-state index contributed by atoms with van der Waals surface area (Å²) in [5.74, 6) is -1.33. The minimum absolute atomic E-state index is 0.0166. The molecule has 2 rings (SSSR count). The first-order valence-corrected chi connectivity index (χ1v) is 8.71. The Morgan fingerprint density at radius 3 is 2.36 bits per heavy atom. The van der Waals surface area contributed by atoms with Crippen LogP contribution in [0, 0.1) is 5.82 Å². The topological polar surface area (TPSA) is 66.9 Å². The summed E-state index contributed by atoms with van der Waals surface area (Å²) in [5, 5.41) is 0. The molecule has 1 saturated heterocycles. The smallest absolute Gasteiger partial charge is 0.362 e. The summed E-state index contributed by atoms with van der Waals surface area (Å²) in [6.07, 6.45) is -4.52. The lowest BCUT2D eigenvalue weighted by molar-refractivity contribution is -0.178. The van der Waals surface area contributed by atoms with Crippen LogP contribution >= 0.6 is 0 Å². The lowest BCUT2D eigenvalue weighted by atomic mass is 10.3. The molecule has 6 nitrogen and oxygen atoms in total. The van der Waals surface area contributed by atoms with Gasteiger partial charge in [0, 0.05) is 26.2 Å². The summed E-state index contributed by atoms with van der Waals surface area (Å²) >= 11 is 0. The van der Waals surface area contributed by atoms with Crippen LogP contribution in [0.4, 0.5) is 17.6 Å². The van der Waals surface area contributed by atoms with E-state index in [1.807, 2.05) is 0 Å². The van der Waals surface area contributed by atoms with Gasteiger partial charge >= 0.3 is 6.18 Å². The fraction of sp³-hybridized carbons (Fsp3) is 0.500. The Morgan fingerprint density at radius 1 is 1.16 bits per heavy atom. The molecule has 0 atom stereocenters. The zero-order chi connectivity index (χ0) is 18.7. The number of hydrogen-bond donors (Lipinski definition) is 0. The summed E-state index contributed by atoms with van der Waals surface area (Å²) < 4.78 is 79.3. The van der Waals surface area contributed by atoms with Crippen LogP contribution in [-0.2, 0) is 19.6 Å². The minimum Gasteiger partial charge on any atom is -0.362 e. The third-order valence-electron chi connectivity index (χ3n) is 3.52. The number of carbonyl (C=O) groups excluding carboxylic acids is 1. The van der Waals surface area contributed by atoms with E-state index in [0.717, 1.165) is 16.4 Å². The Kier molecular flexibility index (Phi) is 6.01. The monoisotopic (exact) mass is 384 g/mol. The molecule has 0 bridgehead atoms. The van der Waals surface area contributed by atoms with Crippen molar-refractivity contribution >= 4 is 15.9 Å². The number of halogens is 4. The first-order chi connectivity index (χ1) is 11.6. The van der Waals surface area contributed by atoms with Gasteiger partial charge in [-0.1, -0.05) is 6.07 Å². The first kappa shape index (κ1) is 19.6. The standard InChI is InChI=1S/C14H16F4N2O4S/c15-11-2-1-3-12(8-11)25(22,23)20-6-4-19(5-7-20)13(21)9-24-10-14(16,17)18/h1-3,8H,4-7,9-10H2. The van der Waals surface area contributed by atoms with Crippen LogP contribution in [0.15, 0.2) is 29.2 Å². The highest BCUT2D eigenvalue weighted by molar-refractivity contribution is 7.89. The molecule has 0 aliphatic carbocycles. The first-order valence-electron chi connectivity index (χ1n) is 7.27. The Labute approximate surface area is 142 Å². The number of alkyl halides is 3. The third kappa shape index (κ3) is 5.38. The molecule has 0 spiro atoms. The number of nitrogens with zero attached hydrogens (tertiary/aromatic N) is 2. The van der Waals surface area contributed by atoms with Crippen LogP contribution in [-0.4, -0.2) is 69.1 Å². The van der Waals surface area contributed by atoms with E-state index in [4.69, 9.17) is 0 Å². The van der Waals surface area contributed by atoms with E-state index >= 15 is 0 Å². The van der Waals surface area contributed by atoms with Gasteiger partial charge in [0.2, 0.25) is 15.9 Å². The van der Waals surface area contributed by atoms with Crippen molar-refractivity contribution in [2.24, 2.45) is 0 Å². The summed E-state index contributed by atoms with van der Waals surface area (Å²) in [7, 11) is -3.89. The number of ether oxygens (including phenoxy) is 1. The van der Waals surface area contributed by atoms with E-state index in [2.05, 4.69) is 4.74 Å². The highest BCUT2D eigenvalue weighted by atomic mass is 32.2. The third-order valence-corrected chi connectivity index (χ3v) is 5.41. The molecule has 0 N–H and O–H groups in total. The van der Waals surface area contributed by atoms with E-state index in [1.165, 1.54) is 17.0 Å². The van der Waals surface area contributed by atoms with E-state index < -0.39 is 41.1 Å². The van der Waals surface area contributed by atoms with Crippen LogP contribution in [0.1, 0.15) is 0 Å². The summed E-state index contributed by atoms with van der Waals surface area (Å²) in [5.41, 5.74) is 0. The molecule has 0 radical (unpaired) electrons. The van der Waals surface area contributed by atoms with Crippen LogP contribution in [0.2, 0.25) is 0 Å². The molecule has 0 unspecified atom stereocenters. The Morgan fingerprint density at radius 2 is 1.80 bits per heavy atom. The van der Waals surface area contributed by atoms with Crippen molar-refractivity contribution in [1.82, 2.24) is 9.21 Å². The van der Waals surface area contributed by atoms with E-state index in [9.17, 15) is 30.8 Å². The SMILES string of the molecule is O=C(COCC(F)(F)F)N1CCN(S(=O)(=O)c2cccc(F)c2)CC1. The van der Waals surface area contributed by atoms with E-state index in [1.54, 1.807) is 0 Å². The number of amides is 1. The van der Waals surface area contributed by atoms with Gasteiger partial charge in [-0.25, -0.2) is 12.8 Å². The zero-order valence-corrected chi connectivity index (χ0v) is 13.8. The largest absolute Gasteiger partial charge is 0.411 e. The van der Waals surface area contributed by atoms with Crippen molar-refractivity contribution in [2.45, 2.75) is 11.1 Å². The number of sulfonamides is 1. The minimum atomic E-state index is -4.52. The van der Waals surface area contributed by atoms with Gasteiger partial charge in [0.15, 0.2) is 0 Å². The normalized spacial score (nSPS) is 16.9. The molecule has 1 aromatic carbocycles. The summed E-state index contributed by atoms with van der Waals surface area (Å²) in [6, 6.07) is 4.56. The Hall–Kier alpha value is -1.72. The molecule has 25 heavy (non-hydrogen) atoms. The molecular formula is C14H16F4N2O4S. The lowest BCUT2D eigenvalue weighted by Crippen LogP contribution is -2.51. The molecule has 140 valence electrons. The van der Waals surface area contributed by atoms with Gasteiger partial charge in [-0.15, -0.1) is 0 Å². The highest BCUT2D eigenvalue weighted by Gasteiger charge is 2.31. The second-order valence-corrected chi connectivity index (χ2v) is 7.29. The molecule has 0 saturated carbocycles. The number of benzene rings is 1. The van der Waals surface area contributed by atoms with E-state index in [-0.39, 0.29) is 31.1 Å². The lowest BCUT2D eigenvalue weighted by Gasteiger charge is -2.34. The molecule has 11 heteroatoms. The van der Waals surface area contributed by atoms with Crippen molar-refractivity contribution in [3.05, 3.63) is 30.1 Å². The second-order valence-electron chi connectivity index (χ2n) is 5.35. The fourth-order valence-electron chi connectivity index (χ4n) is 2.30. The van der Waals surface area contributed by atoms with Crippen molar-refractivity contribution in [3.8, 4) is 0 Å². The van der Waals surface area contributed by atoms with Crippen molar-refractivity contribution in [3.63, 3.8) is 0 Å². The molecule has 1 aromatic rings. The Bertz CT molecular complexity index is 716. The Balaban J connectivity index is 1.89. The molecule has 1 heterocycles. The highest BCUT2D eigenvalue weighted by Crippen LogP contribution is 2.19. The van der Waals surface area contributed by atoms with Gasteiger partial charge in [-0.05, 0) is 18.2 Å². The molecule has 1 aliphatic heterocycles. The van der Waals surface area contributed by atoms with Crippen LogP contribution in [0.5, 0.6) is 0 Å². The van der Waals surface area contributed by atoms with Crippen LogP contribution in [0.25, 0.3) is 0 Å². The number of hydrogen-bond acceptors (Lipinski definition) is 4. The zero-order valence-electron chi connectivity index (χ0n) is 13.0. The van der Waals surface area contributed by atoms with Crippen molar-refractivity contribution in [2.75, 3.05) is 39.4 Å². The molecular weight excluding hydrogens is 368 g/mol. The van der Waals surface area contributed by atoms with Gasteiger partial charge in [-0.3, -0.25) is 4.79 Å². The number of piperazine rings is 1. The number of carbonyl (C=O) groups is 1. The van der Waals surface area contributed by atoms with Gasteiger partial charge in [0.05, 0.1) is 4.90 Å². The average Bonchev–Trinajstić information content (AvgIpc) is 2.53. The predicted molar refractivity (Wildman–Crippen MR) is 78.6 cm³/mol. The molecule has 1 fully saturated rings. The quantitative estimate of drug-likeness (QED) is 0.717. The maximum Gasteiger partial charge on any atom is 0.411 e.